The van der Waals surface area contributed by atoms with Crippen LogP contribution in [0, 0.1) is 10.1 Å². The summed E-state index contributed by atoms with van der Waals surface area (Å²) >= 11 is 1.66. The van der Waals surface area contributed by atoms with E-state index in [2.05, 4.69) is 10.6 Å². The van der Waals surface area contributed by atoms with Crippen LogP contribution in [0.25, 0.3) is 5.70 Å². The van der Waals surface area contributed by atoms with Crippen molar-refractivity contribution in [2.24, 2.45) is 0 Å². The van der Waals surface area contributed by atoms with E-state index >= 15 is 0 Å². The Bertz CT molecular complexity index is 917. The van der Waals surface area contributed by atoms with Crippen molar-refractivity contribution in [3.63, 3.8) is 0 Å². The van der Waals surface area contributed by atoms with Gasteiger partial charge in [0.1, 0.15) is 5.00 Å². The van der Waals surface area contributed by atoms with Crippen LogP contribution in [0.4, 0.5) is 10.7 Å². The summed E-state index contributed by atoms with van der Waals surface area (Å²) in [7, 11) is 0. The first-order chi connectivity index (χ1) is 12.6. The van der Waals surface area contributed by atoms with Crippen LogP contribution in [-0.4, -0.2) is 10.8 Å². The van der Waals surface area contributed by atoms with Gasteiger partial charge in [0.15, 0.2) is 0 Å². The molecule has 0 saturated carbocycles. The number of thiophene rings is 1. The normalized spacial score (nSPS) is 16.8. The number of rotatable bonds is 2. The zero-order chi connectivity index (χ0) is 18.1. The van der Waals surface area contributed by atoms with Crippen LogP contribution in [-0.2, 0) is 12.8 Å². The molecule has 2 aliphatic rings. The molecule has 1 aromatic carbocycles. The number of amides is 1. The number of nitrogens with one attached hydrogen (secondary N) is 2. The third-order valence-corrected chi connectivity index (χ3v) is 6.09. The minimum Gasteiger partial charge on any atom is -0.351 e. The Morgan fingerprint density at radius 1 is 1.12 bits per heavy atom. The first-order valence-electron chi connectivity index (χ1n) is 8.81. The van der Waals surface area contributed by atoms with Crippen LogP contribution in [0.3, 0.4) is 0 Å². The minimum absolute atomic E-state index is 0.00165. The topological polar surface area (TPSA) is 84.3 Å². The highest BCUT2D eigenvalue weighted by atomic mass is 32.1. The van der Waals surface area contributed by atoms with Crippen molar-refractivity contribution >= 4 is 33.6 Å². The van der Waals surface area contributed by atoms with Gasteiger partial charge < -0.3 is 10.6 Å². The maximum absolute atomic E-state index is 12.9. The lowest BCUT2D eigenvalue weighted by Crippen LogP contribution is -2.22. The van der Waals surface area contributed by atoms with Crippen LogP contribution in [0.5, 0.6) is 0 Å². The molecule has 6 nitrogen and oxygen atoms in total. The molecule has 2 aromatic rings. The smallest absolute Gasteiger partial charge is 0.270 e. The van der Waals surface area contributed by atoms with Crippen LogP contribution in [0.15, 0.2) is 30.5 Å². The number of non-ortho nitro benzene ring substituents is 1. The summed E-state index contributed by atoms with van der Waals surface area (Å²) in [4.78, 5) is 24.8. The lowest BCUT2D eigenvalue weighted by Gasteiger charge is -2.12. The molecular weight excluding hydrogens is 350 g/mol. The van der Waals surface area contributed by atoms with Gasteiger partial charge in [0.2, 0.25) is 0 Å². The quantitative estimate of drug-likeness (QED) is 0.604. The van der Waals surface area contributed by atoms with Gasteiger partial charge in [-0.3, -0.25) is 14.9 Å². The SMILES string of the molecule is O=C1NC(c2cccc([N+](=O)[O-])c2)=CNc2sc3c(c21)CCCCCC3. The first kappa shape index (κ1) is 16.8. The molecule has 0 unspecified atom stereocenters. The molecule has 0 bridgehead atoms. The Balaban J connectivity index is 1.68. The average molecular weight is 369 g/mol. The molecule has 1 aromatic heterocycles. The van der Waals surface area contributed by atoms with E-state index in [0.29, 0.717) is 11.3 Å². The van der Waals surface area contributed by atoms with Crippen molar-refractivity contribution in [3.05, 3.63) is 62.1 Å². The predicted octanol–water partition coefficient (Wildman–Crippen LogP) is 4.47. The minimum atomic E-state index is -0.435. The van der Waals surface area contributed by atoms with Gasteiger partial charge in [-0.15, -0.1) is 11.3 Å². The van der Waals surface area contributed by atoms with Gasteiger partial charge in [0, 0.05) is 28.8 Å². The number of nitro benzene ring substituents is 1. The van der Waals surface area contributed by atoms with Gasteiger partial charge in [0.25, 0.3) is 11.6 Å². The van der Waals surface area contributed by atoms with Gasteiger partial charge in [-0.2, -0.15) is 0 Å². The second-order valence-electron chi connectivity index (χ2n) is 6.59. The number of carbonyl (C=O) groups is 1. The summed E-state index contributed by atoms with van der Waals surface area (Å²) in [6.45, 7) is 0. The fourth-order valence-electron chi connectivity index (χ4n) is 3.56. The highest BCUT2D eigenvalue weighted by molar-refractivity contribution is 7.16. The lowest BCUT2D eigenvalue weighted by atomic mass is 9.96. The number of nitrogens with zero attached hydrogens (tertiary/aromatic N) is 1. The number of hydrogen-bond donors (Lipinski definition) is 2. The number of hydrogen-bond acceptors (Lipinski definition) is 5. The number of carbonyl (C=O) groups excluding carboxylic acids is 1. The monoisotopic (exact) mass is 369 g/mol. The maximum Gasteiger partial charge on any atom is 0.270 e. The van der Waals surface area contributed by atoms with Gasteiger partial charge in [0.05, 0.1) is 16.2 Å². The molecule has 134 valence electrons. The number of anilines is 1. The first-order valence-corrected chi connectivity index (χ1v) is 9.62. The fraction of sp³-hybridized carbons (Fsp3) is 0.316. The maximum atomic E-state index is 12.9. The zero-order valence-electron chi connectivity index (χ0n) is 14.2. The van der Waals surface area contributed by atoms with E-state index in [1.807, 2.05) is 0 Å². The number of nitro groups is 1. The Kier molecular flexibility index (Phi) is 4.46. The predicted molar refractivity (Wildman–Crippen MR) is 102 cm³/mol. The van der Waals surface area contributed by atoms with Crippen molar-refractivity contribution in [3.8, 4) is 0 Å². The second-order valence-corrected chi connectivity index (χ2v) is 7.69. The lowest BCUT2D eigenvalue weighted by molar-refractivity contribution is -0.384. The molecule has 0 spiro atoms. The van der Waals surface area contributed by atoms with E-state index in [0.717, 1.165) is 29.8 Å². The van der Waals surface area contributed by atoms with Crippen LogP contribution >= 0.6 is 11.3 Å². The highest BCUT2D eigenvalue weighted by Gasteiger charge is 2.26. The van der Waals surface area contributed by atoms with Crippen molar-refractivity contribution in [1.29, 1.82) is 0 Å². The van der Waals surface area contributed by atoms with Crippen LogP contribution in [0.1, 0.15) is 52.0 Å². The molecule has 0 fully saturated rings. The van der Waals surface area contributed by atoms with Crippen LogP contribution in [0.2, 0.25) is 0 Å². The van der Waals surface area contributed by atoms with Gasteiger partial charge in [-0.1, -0.05) is 25.0 Å². The fourth-order valence-corrected chi connectivity index (χ4v) is 4.82. The molecule has 0 saturated heterocycles. The summed E-state index contributed by atoms with van der Waals surface area (Å²) in [5.41, 5.74) is 3.06. The van der Waals surface area contributed by atoms with E-state index in [4.69, 9.17) is 0 Å². The molecule has 2 N–H and O–H groups in total. The van der Waals surface area contributed by atoms with E-state index < -0.39 is 4.92 Å². The largest absolute Gasteiger partial charge is 0.351 e. The molecule has 1 amide bonds. The number of fused-ring (bicyclic) bond motifs is 3. The van der Waals surface area contributed by atoms with Gasteiger partial charge >= 0.3 is 0 Å². The Morgan fingerprint density at radius 3 is 2.73 bits per heavy atom. The Morgan fingerprint density at radius 2 is 1.92 bits per heavy atom. The molecule has 0 atom stereocenters. The Labute approximate surface area is 155 Å². The van der Waals surface area contributed by atoms with E-state index in [-0.39, 0.29) is 11.6 Å². The summed E-state index contributed by atoms with van der Waals surface area (Å²) in [5, 5.41) is 18.1. The van der Waals surface area contributed by atoms with Crippen molar-refractivity contribution in [2.45, 2.75) is 38.5 Å². The van der Waals surface area contributed by atoms with Crippen molar-refractivity contribution in [2.75, 3.05) is 5.32 Å². The summed E-state index contributed by atoms with van der Waals surface area (Å²) in [6, 6.07) is 6.29. The highest BCUT2D eigenvalue weighted by Crippen LogP contribution is 2.38. The molecule has 1 aliphatic heterocycles. The molecular formula is C19H19N3O3S. The average Bonchev–Trinajstić information content (AvgIpc) is 2.85. The van der Waals surface area contributed by atoms with E-state index in [1.54, 1.807) is 29.7 Å². The van der Waals surface area contributed by atoms with Gasteiger partial charge in [-0.25, -0.2) is 0 Å². The van der Waals surface area contributed by atoms with Crippen LogP contribution < -0.4 is 10.6 Å². The van der Waals surface area contributed by atoms with Crippen molar-refractivity contribution in [1.82, 2.24) is 5.32 Å². The second kappa shape index (κ2) is 6.92. The standard InChI is InChI=1S/C19H19N3O3S/c23-18-17-14-8-3-1-2-4-9-16(14)26-19(17)20-11-15(21-18)12-6-5-7-13(10-12)22(24)25/h5-7,10-11,20H,1-4,8-9H2,(H,21,23). The van der Waals surface area contributed by atoms with E-state index in [1.165, 1.54) is 41.8 Å². The molecule has 7 heteroatoms. The summed E-state index contributed by atoms with van der Waals surface area (Å²) in [5.74, 6) is -0.138. The molecule has 1 aliphatic carbocycles. The summed E-state index contributed by atoms with van der Waals surface area (Å²) in [6.07, 6.45) is 8.42. The summed E-state index contributed by atoms with van der Waals surface area (Å²) < 4.78 is 0. The molecule has 4 rings (SSSR count). The van der Waals surface area contributed by atoms with E-state index in [9.17, 15) is 14.9 Å². The van der Waals surface area contributed by atoms with Crippen molar-refractivity contribution < 1.29 is 9.72 Å². The molecule has 0 radical (unpaired) electrons. The zero-order valence-corrected chi connectivity index (χ0v) is 15.0. The van der Waals surface area contributed by atoms with Gasteiger partial charge in [-0.05, 0) is 31.2 Å². The number of benzene rings is 1. The Hall–Kier alpha value is -2.67. The third-order valence-electron chi connectivity index (χ3n) is 4.86. The third kappa shape index (κ3) is 3.10. The molecule has 2 heterocycles. The molecule has 26 heavy (non-hydrogen) atoms. The number of aryl methyl sites for hydroxylation is 1.